The zero-order valence-corrected chi connectivity index (χ0v) is 32.0. The van der Waals surface area contributed by atoms with Gasteiger partial charge in [0.25, 0.3) is 5.91 Å². The lowest BCUT2D eigenvalue weighted by atomic mass is 9.96. The molecule has 3 aliphatic heterocycles. The summed E-state index contributed by atoms with van der Waals surface area (Å²) in [4.78, 5) is 55.8. The fourth-order valence-corrected chi connectivity index (χ4v) is 9.17. The third-order valence-electron chi connectivity index (χ3n) is 11.7. The van der Waals surface area contributed by atoms with E-state index in [0.29, 0.717) is 36.4 Å². The van der Waals surface area contributed by atoms with Crippen LogP contribution in [0.1, 0.15) is 84.3 Å². The normalized spacial score (nSPS) is 20.5. The molecule has 1 saturated carbocycles. The van der Waals surface area contributed by atoms with Gasteiger partial charge in [-0.2, -0.15) is 4.98 Å². The van der Waals surface area contributed by atoms with Gasteiger partial charge < -0.3 is 25.8 Å². The van der Waals surface area contributed by atoms with Crippen molar-refractivity contribution in [3.63, 3.8) is 0 Å². The number of aromatic nitrogens is 4. The number of fused-ring (bicyclic) bond motifs is 2. The van der Waals surface area contributed by atoms with Crippen LogP contribution >= 0.6 is 12.6 Å². The van der Waals surface area contributed by atoms with Crippen LogP contribution in [0.2, 0.25) is 0 Å². The van der Waals surface area contributed by atoms with Gasteiger partial charge in [0.1, 0.15) is 16.9 Å². The van der Waals surface area contributed by atoms with E-state index in [0.717, 1.165) is 84.9 Å². The number of anilines is 5. The maximum absolute atomic E-state index is 13.2. The van der Waals surface area contributed by atoms with Crippen LogP contribution in [0.4, 0.5) is 29.0 Å². The molecule has 56 heavy (non-hydrogen) atoms. The number of imidazole rings is 1. The summed E-state index contributed by atoms with van der Waals surface area (Å²) in [6, 6.07) is 24.1. The molecular formula is C42H46N10O3S. The van der Waals surface area contributed by atoms with Gasteiger partial charge in [-0.05, 0) is 98.2 Å². The van der Waals surface area contributed by atoms with Crippen LogP contribution in [0.15, 0.2) is 79.0 Å². The third-order valence-corrected chi connectivity index (χ3v) is 12.2. The Morgan fingerprint density at radius 3 is 2.38 bits per heavy atom. The Bertz CT molecular complexity index is 2250. The van der Waals surface area contributed by atoms with E-state index in [2.05, 4.69) is 60.0 Å². The van der Waals surface area contributed by atoms with E-state index in [1.165, 1.54) is 23.4 Å². The van der Waals surface area contributed by atoms with Crippen molar-refractivity contribution in [1.29, 1.82) is 0 Å². The molecule has 5 heterocycles. The number of rotatable bonds is 11. The number of piperidine rings is 2. The average Bonchev–Trinajstić information content (AvgIpc) is 3.93. The minimum absolute atomic E-state index is 0.215. The van der Waals surface area contributed by atoms with Crippen LogP contribution in [0, 0.1) is 5.92 Å². The highest BCUT2D eigenvalue weighted by atomic mass is 32.1. The summed E-state index contributed by atoms with van der Waals surface area (Å²) in [5.41, 5.74) is 7.21. The number of benzene rings is 3. The summed E-state index contributed by atoms with van der Waals surface area (Å²) < 4.78 is 2.26. The molecule has 14 heteroatoms. The van der Waals surface area contributed by atoms with E-state index in [1.807, 2.05) is 54.7 Å². The molecule has 0 radical (unpaired) electrons. The van der Waals surface area contributed by atoms with Gasteiger partial charge in [-0.15, -0.1) is 12.6 Å². The molecule has 2 aromatic heterocycles. The van der Waals surface area contributed by atoms with Gasteiger partial charge >= 0.3 is 0 Å². The van der Waals surface area contributed by atoms with Crippen LogP contribution in [0.25, 0.3) is 11.2 Å². The zero-order valence-electron chi connectivity index (χ0n) is 31.2. The van der Waals surface area contributed by atoms with Crippen LogP contribution < -0.4 is 26.2 Å². The number of nitrogens with one attached hydrogen (secondary N) is 4. The number of para-hydroxylation sites is 1. The summed E-state index contributed by atoms with van der Waals surface area (Å²) in [6.45, 7) is 3.57. The number of nitrogens with zero attached hydrogens (tertiary/aromatic N) is 6. The Hall–Kier alpha value is -5.47. The number of amides is 3. The van der Waals surface area contributed by atoms with Crippen LogP contribution in [0.5, 0.6) is 0 Å². The first kappa shape index (κ1) is 36.2. The second-order valence-electron chi connectivity index (χ2n) is 15.3. The monoisotopic (exact) mass is 770 g/mol. The van der Waals surface area contributed by atoms with E-state index in [9.17, 15) is 14.4 Å². The van der Waals surface area contributed by atoms with Gasteiger partial charge in [-0.3, -0.25) is 24.3 Å². The smallest absolute Gasteiger partial charge is 0.256 e. The summed E-state index contributed by atoms with van der Waals surface area (Å²) in [7, 11) is 0. The third kappa shape index (κ3) is 7.30. The first-order valence-electron chi connectivity index (χ1n) is 19.7. The Kier molecular flexibility index (Phi) is 10.1. The minimum Gasteiger partial charge on any atom is -0.372 e. The van der Waals surface area contributed by atoms with Gasteiger partial charge in [0.05, 0.1) is 6.20 Å². The van der Waals surface area contributed by atoms with Crippen LogP contribution in [0.3, 0.4) is 0 Å². The van der Waals surface area contributed by atoms with Crippen molar-refractivity contribution in [2.75, 3.05) is 35.2 Å². The zero-order chi connectivity index (χ0) is 38.2. The molecule has 13 nitrogen and oxygen atoms in total. The van der Waals surface area contributed by atoms with Gasteiger partial charge in [-0.25, -0.2) is 9.97 Å². The standard InChI is InChI=1S/C42H46N10O3S/c53-36-17-16-35(38(54)48-36)52-39(55)32-15-10-27(22-33(32)40(52)56)24-43-23-26-18-20-50(21-19-26)30-13-11-29(12-14-30)45-41-44-25-34-37(49-41)51(31-8-4-5-9-31)42(47-34)46-28-6-2-1-3-7-28/h1-3,6-7,10-15,22,25-26,31,35,40,43,56H,4-5,8-9,16-21,23-24H2,(H,46,47)(H,44,45,49)(H,48,53,54). The molecule has 2 unspecified atom stereocenters. The molecule has 2 saturated heterocycles. The number of imide groups is 1. The highest BCUT2D eigenvalue weighted by molar-refractivity contribution is 7.80. The topological polar surface area (TPSA) is 149 Å². The Labute approximate surface area is 331 Å². The van der Waals surface area contributed by atoms with E-state index < -0.39 is 17.3 Å². The van der Waals surface area contributed by atoms with Crippen molar-refractivity contribution in [3.8, 4) is 0 Å². The lowest BCUT2D eigenvalue weighted by Gasteiger charge is -2.34. The highest BCUT2D eigenvalue weighted by Crippen LogP contribution is 2.40. The molecule has 0 bridgehead atoms. The average molecular weight is 771 g/mol. The first-order chi connectivity index (χ1) is 27.4. The van der Waals surface area contributed by atoms with E-state index >= 15 is 0 Å². The van der Waals surface area contributed by atoms with Gasteiger partial charge in [0.15, 0.2) is 5.65 Å². The number of hydrogen-bond donors (Lipinski definition) is 5. The molecule has 4 N–H and O–H groups in total. The lowest BCUT2D eigenvalue weighted by molar-refractivity contribution is -0.137. The van der Waals surface area contributed by atoms with Crippen molar-refractivity contribution in [2.45, 2.75) is 75.4 Å². The summed E-state index contributed by atoms with van der Waals surface area (Å²) in [5, 5.41) is 12.4. The van der Waals surface area contributed by atoms with Gasteiger partial charge in [0.2, 0.25) is 23.7 Å². The molecular weight excluding hydrogens is 725 g/mol. The number of carbonyl (C=O) groups excluding carboxylic acids is 3. The van der Waals surface area contributed by atoms with Gasteiger partial charge in [-0.1, -0.05) is 43.2 Å². The largest absolute Gasteiger partial charge is 0.372 e. The van der Waals surface area contributed by atoms with Crippen molar-refractivity contribution in [3.05, 3.63) is 95.7 Å². The molecule has 3 aromatic carbocycles. The van der Waals surface area contributed by atoms with E-state index in [4.69, 9.17) is 22.6 Å². The molecule has 2 atom stereocenters. The molecule has 4 aliphatic rings. The molecule has 1 aliphatic carbocycles. The summed E-state index contributed by atoms with van der Waals surface area (Å²) in [6.07, 6.45) is 9.17. The maximum Gasteiger partial charge on any atom is 0.256 e. The van der Waals surface area contributed by atoms with E-state index in [1.54, 1.807) is 0 Å². The van der Waals surface area contributed by atoms with Crippen molar-refractivity contribution < 1.29 is 14.4 Å². The van der Waals surface area contributed by atoms with Crippen molar-refractivity contribution in [1.82, 2.24) is 35.1 Å². The summed E-state index contributed by atoms with van der Waals surface area (Å²) >= 11 is 4.73. The second-order valence-corrected chi connectivity index (χ2v) is 15.8. The molecule has 3 amide bonds. The number of hydrogen-bond acceptors (Lipinski definition) is 11. The van der Waals surface area contributed by atoms with E-state index in [-0.39, 0.29) is 18.2 Å². The SMILES string of the molecule is O=C1CCC(N2C(=O)c3ccc(CNCC4CCN(c5ccc(Nc6ncc7nc(Nc8ccccc8)n(C8CCCC8)c7n6)cc5)CC4)cc3C2S)C(=O)N1. The predicted molar refractivity (Wildman–Crippen MR) is 219 cm³/mol. The Morgan fingerprint density at radius 2 is 1.61 bits per heavy atom. The molecule has 3 fully saturated rings. The first-order valence-corrected chi connectivity index (χ1v) is 20.3. The van der Waals surface area contributed by atoms with Crippen LogP contribution in [-0.4, -0.2) is 67.8 Å². The number of thiol groups is 1. The summed E-state index contributed by atoms with van der Waals surface area (Å²) in [5.74, 6) is 0.975. The quantitative estimate of drug-likeness (QED) is 0.0733. The van der Waals surface area contributed by atoms with Crippen molar-refractivity contribution >= 4 is 70.5 Å². The second kappa shape index (κ2) is 15.6. The molecule has 0 spiro atoms. The Morgan fingerprint density at radius 1 is 0.839 bits per heavy atom. The van der Waals surface area contributed by atoms with Crippen molar-refractivity contribution in [2.24, 2.45) is 5.92 Å². The molecule has 9 rings (SSSR count). The Balaban J connectivity index is 0.775. The van der Waals surface area contributed by atoms with Crippen LogP contribution in [-0.2, 0) is 16.1 Å². The fraction of sp³-hybridized carbons (Fsp3) is 0.381. The highest BCUT2D eigenvalue weighted by Gasteiger charge is 2.43. The maximum atomic E-state index is 13.2. The lowest BCUT2D eigenvalue weighted by Crippen LogP contribution is -2.53. The molecule has 5 aromatic rings. The molecule has 288 valence electrons. The van der Waals surface area contributed by atoms with Gasteiger partial charge in [0, 0.05) is 54.7 Å². The number of carbonyl (C=O) groups is 3. The predicted octanol–water partition coefficient (Wildman–Crippen LogP) is 6.62. The minimum atomic E-state index is -0.692. The fourth-order valence-electron chi connectivity index (χ4n) is 8.69.